The largest absolute Gasteiger partial charge is 0.496 e. The molecule has 0 bridgehead atoms. The topological polar surface area (TPSA) is 74.9 Å². The molecule has 1 aromatic heterocycles. The van der Waals surface area contributed by atoms with Crippen molar-refractivity contribution in [2.45, 2.75) is 32.9 Å². The molecule has 0 spiro atoms. The van der Waals surface area contributed by atoms with Gasteiger partial charge in [0.1, 0.15) is 11.6 Å². The lowest BCUT2D eigenvalue weighted by Crippen LogP contribution is -2.44. The molecular formula is C26H38ClN5O2. The molecule has 1 aromatic carbocycles. The number of amides is 1. The number of carbonyl (C=O) groups is 1. The van der Waals surface area contributed by atoms with Crippen LogP contribution < -0.4 is 10.5 Å². The first-order valence-corrected chi connectivity index (χ1v) is 11.6. The second-order valence-electron chi connectivity index (χ2n) is 8.77. The number of benzene rings is 1. The predicted octanol–water partition coefficient (Wildman–Crippen LogP) is 3.47. The quantitative estimate of drug-likeness (QED) is 0.546. The molecule has 0 atom stereocenters. The maximum Gasteiger partial charge on any atom is 0.246 e. The predicted molar refractivity (Wildman–Crippen MR) is 141 cm³/mol. The zero-order valence-corrected chi connectivity index (χ0v) is 21.6. The van der Waals surface area contributed by atoms with Crippen molar-refractivity contribution in [2.24, 2.45) is 0 Å². The van der Waals surface area contributed by atoms with Crippen molar-refractivity contribution in [1.29, 1.82) is 0 Å². The molecule has 1 aliphatic heterocycles. The lowest BCUT2D eigenvalue weighted by Gasteiger charge is -2.32. The highest BCUT2D eigenvalue weighted by Gasteiger charge is 2.16. The number of anilines is 1. The number of nitrogen functional groups attached to an aromatic ring is 1. The average Bonchev–Trinajstić information content (AvgIpc) is 2.81. The number of halogens is 1. The number of nitrogens with zero attached hydrogens (tertiary/aromatic N) is 4. The Balaban J connectivity index is 0.00000408. The molecule has 8 heteroatoms. The lowest BCUT2D eigenvalue weighted by atomic mass is 10.0. The van der Waals surface area contributed by atoms with Crippen molar-refractivity contribution >= 4 is 30.2 Å². The van der Waals surface area contributed by atoms with Gasteiger partial charge in [-0.1, -0.05) is 25.5 Å². The van der Waals surface area contributed by atoms with Crippen LogP contribution in [0.4, 0.5) is 5.82 Å². The van der Waals surface area contributed by atoms with E-state index in [4.69, 9.17) is 10.5 Å². The molecule has 2 heterocycles. The minimum Gasteiger partial charge on any atom is -0.496 e. The van der Waals surface area contributed by atoms with Gasteiger partial charge in [-0.05, 0) is 48.4 Å². The van der Waals surface area contributed by atoms with Crippen LogP contribution in [-0.2, 0) is 24.3 Å². The number of piperazine rings is 1. The van der Waals surface area contributed by atoms with Crippen LogP contribution in [0.25, 0.3) is 6.08 Å². The number of ether oxygens (including phenoxy) is 1. The van der Waals surface area contributed by atoms with E-state index in [1.807, 2.05) is 31.3 Å². The highest BCUT2D eigenvalue weighted by Crippen LogP contribution is 2.25. The monoisotopic (exact) mass is 487 g/mol. The maximum atomic E-state index is 12.8. The Morgan fingerprint density at radius 1 is 1.24 bits per heavy atom. The molecule has 1 aliphatic rings. The number of rotatable bonds is 9. The summed E-state index contributed by atoms with van der Waals surface area (Å²) in [7, 11) is 5.65. The van der Waals surface area contributed by atoms with E-state index in [2.05, 4.69) is 34.8 Å². The normalized spacial score (nSPS) is 14.7. The highest BCUT2D eigenvalue weighted by atomic mass is 35.5. The van der Waals surface area contributed by atoms with Crippen LogP contribution in [0.2, 0.25) is 0 Å². The smallest absolute Gasteiger partial charge is 0.246 e. The number of pyridine rings is 1. The number of nitrogens with two attached hydrogens (primary N) is 1. The molecule has 3 rings (SSSR count). The summed E-state index contributed by atoms with van der Waals surface area (Å²) in [6.07, 6.45) is 7.08. The summed E-state index contributed by atoms with van der Waals surface area (Å²) in [5.41, 5.74) is 10.3. The van der Waals surface area contributed by atoms with Gasteiger partial charge in [-0.3, -0.25) is 9.69 Å². The highest BCUT2D eigenvalue weighted by molar-refractivity contribution is 5.91. The van der Waals surface area contributed by atoms with Gasteiger partial charge < -0.3 is 20.3 Å². The van der Waals surface area contributed by atoms with Gasteiger partial charge in [0.05, 0.1) is 7.11 Å². The first kappa shape index (κ1) is 27.6. The second-order valence-corrected chi connectivity index (χ2v) is 8.77. The van der Waals surface area contributed by atoms with E-state index < -0.39 is 0 Å². The number of likely N-dealkylation sites (N-methyl/N-ethyl adjacent to an activating group) is 2. The molecule has 2 aromatic rings. The van der Waals surface area contributed by atoms with Crippen LogP contribution in [0.3, 0.4) is 0 Å². The number of hydrogen-bond donors (Lipinski definition) is 1. The molecular weight excluding hydrogens is 450 g/mol. The minimum atomic E-state index is -0.0577. The van der Waals surface area contributed by atoms with E-state index in [1.54, 1.807) is 24.3 Å². The SMILES string of the molecule is CCCc1c(CN(C)C(=O)/C=C/c2cnc(N)c(CN3CCN(C)CC3)c2)cccc1OC.Cl. The summed E-state index contributed by atoms with van der Waals surface area (Å²) in [4.78, 5) is 23.6. The van der Waals surface area contributed by atoms with Crippen LogP contribution in [0.5, 0.6) is 5.75 Å². The van der Waals surface area contributed by atoms with Gasteiger partial charge in [0.15, 0.2) is 0 Å². The molecule has 1 fully saturated rings. The Labute approximate surface area is 210 Å². The van der Waals surface area contributed by atoms with Gasteiger partial charge in [0.2, 0.25) is 5.91 Å². The fraction of sp³-hybridized carbons (Fsp3) is 0.462. The van der Waals surface area contributed by atoms with Gasteiger partial charge in [0.25, 0.3) is 0 Å². The van der Waals surface area contributed by atoms with E-state index in [0.717, 1.165) is 68.0 Å². The van der Waals surface area contributed by atoms with E-state index in [9.17, 15) is 4.79 Å². The van der Waals surface area contributed by atoms with Gasteiger partial charge in [0, 0.05) is 64.2 Å². The molecule has 0 aliphatic carbocycles. The van der Waals surface area contributed by atoms with Gasteiger partial charge in [-0.2, -0.15) is 0 Å². The van der Waals surface area contributed by atoms with Crippen molar-refractivity contribution in [3.05, 3.63) is 58.8 Å². The van der Waals surface area contributed by atoms with Crippen molar-refractivity contribution in [3.8, 4) is 5.75 Å². The summed E-state index contributed by atoms with van der Waals surface area (Å²) in [5, 5.41) is 0. The Bertz CT molecular complexity index is 974. The van der Waals surface area contributed by atoms with Crippen molar-refractivity contribution < 1.29 is 9.53 Å². The molecule has 186 valence electrons. The Kier molecular flexibility index (Phi) is 10.8. The second kappa shape index (κ2) is 13.3. The maximum absolute atomic E-state index is 12.8. The Morgan fingerprint density at radius 3 is 2.65 bits per heavy atom. The minimum absolute atomic E-state index is 0. The fourth-order valence-electron chi connectivity index (χ4n) is 4.12. The summed E-state index contributed by atoms with van der Waals surface area (Å²) >= 11 is 0. The number of aromatic nitrogens is 1. The number of hydrogen-bond acceptors (Lipinski definition) is 6. The third-order valence-corrected chi connectivity index (χ3v) is 6.16. The molecule has 0 unspecified atom stereocenters. The Morgan fingerprint density at radius 2 is 1.97 bits per heavy atom. The summed E-state index contributed by atoms with van der Waals surface area (Å²) in [6, 6.07) is 8.05. The molecule has 34 heavy (non-hydrogen) atoms. The summed E-state index contributed by atoms with van der Waals surface area (Å²) in [6.45, 7) is 7.60. The molecule has 2 N–H and O–H groups in total. The van der Waals surface area contributed by atoms with E-state index in [1.165, 1.54) is 5.56 Å². The molecule has 7 nitrogen and oxygen atoms in total. The standard InChI is InChI=1S/C26H37N5O2.ClH/c1-5-7-23-21(8-6-9-24(23)33-4)18-30(3)25(32)11-10-20-16-22(26(27)28-17-20)19-31-14-12-29(2)13-15-31;/h6,8-11,16-17H,5,7,12-15,18-19H2,1-4H3,(H2,27,28);1H/b11-10+;. The Hall–Kier alpha value is -2.61. The van der Waals surface area contributed by atoms with Crippen LogP contribution in [0.1, 0.15) is 35.6 Å². The first-order chi connectivity index (χ1) is 15.9. The van der Waals surface area contributed by atoms with E-state index >= 15 is 0 Å². The number of methoxy groups -OCH3 is 1. The van der Waals surface area contributed by atoms with Crippen molar-refractivity contribution in [1.82, 2.24) is 19.7 Å². The third-order valence-electron chi connectivity index (χ3n) is 6.16. The van der Waals surface area contributed by atoms with Crippen LogP contribution in [-0.4, -0.2) is 73.0 Å². The van der Waals surface area contributed by atoms with Crippen LogP contribution >= 0.6 is 12.4 Å². The van der Waals surface area contributed by atoms with E-state index in [-0.39, 0.29) is 18.3 Å². The molecule has 1 saturated heterocycles. The summed E-state index contributed by atoms with van der Waals surface area (Å²) in [5.74, 6) is 1.38. The van der Waals surface area contributed by atoms with Gasteiger partial charge in [-0.25, -0.2) is 4.98 Å². The zero-order valence-electron chi connectivity index (χ0n) is 20.8. The average molecular weight is 488 g/mol. The zero-order chi connectivity index (χ0) is 23.8. The van der Waals surface area contributed by atoms with Crippen molar-refractivity contribution in [2.75, 3.05) is 53.1 Å². The summed E-state index contributed by atoms with van der Waals surface area (Å²) < 4.78 is 5.53. The third kappa shape index (κ3) is 7.45. The van der Waals surface area contributed by atoms with Gasteiger partial charge >= 0.3 is 0 Å². The first-order valence-electron chi connectivity index (χ1n) is 11.6. The molecule has 1 amide bonds. The fourth-order valence-corrected chi connectivity index (χ4v) is 4.12. The van der Waals surface area contributed by atoms with Crippen LogP contribution in [0.15, 0.2) is 36.5 Å². The van der Waals surface area contributed by atoms with Gasteiger partial charge in [-0.15, -0.1) is 12.4 Å². The van der Waals surface area contributed by atoms with Crippen molar-refractivity contribution in [3.63, 3.8) is 0 Å². The number of carbonyl (C=O) groups excluding carboxylic acids is 1. The van der Waals surface area contributed by atoms with Crippen LogP contribution in [0, 0.1) is 0 Å². The molecule has 0 saturated carbocycles. The molecule has 0 radical (unpaired) electrons. The van der Waals surface area contributed by atoms with E-state index in [0.29, 0.717) is 12.4 Å². The lowest BCUT2D eigenvalue weighted by molar-refractivity contribution is -0.125.